The fraction of sp³-hybridized carbons (Fsp3) is 0.667. The second kappa shape index (κ2) is 6.70. The highest BCUT2D eigenvalue weighted by Gasteiger charge is 2.36. The van der Waals surface area contributed by atoms with Crippen molar-refractivity contribution in [2.75, 3.05) is 6.54 Å². The smallest absolute Gasteiger partial charge is 0.234 e. The number of rotatable bonds is 5. The van der Waals surface area contributed by atoms with E-state index in [2.05, 4.69) is 30.9 Å². The summed E-state index contributed by atoms with van der Waals surface area (Å²) in [6.07, 6.45) is 3.93. The maximum absolute atomic E-state index is 11.8. The van der Waals surface area contributed by atoms with Gasteiger partial charge in [0.1, 0.15) is 0 Å². The largest absolute Gasteiger partial charge is 0.368 e. The van der Waals surface area contributed by atoms with Crippen LogP contribution in [0.15, 0.2) is 12.1 Å². The van der Waals surface area contributed by atoms with Crippen molar-refractivity contribution in [1.82, 2.24) is 4.90 Å². The molecule has 112 valence electrons. The predicted molar refractivity (Wildman–Crippen MR) is 83.6 cm³/mol. The van der Waals surface area contributed by atoms with E-state index >= 15 is 0 Å². The lowest BCUT2D eigenvalue weighted by Gasteiger charge is -2.41. The lowest BCUT2D eigenvalue weighted by atomic mass is 9.94. The van der Waals surface area contributed by atoms with Crippen molar-refractivity contribution < 1.29 is 4.79 Å². The Balaban J connectivity index is 2.31. The number of carbonyl (C=O) groups is 1. The standard InChI is InChI=1S/C15H25N3OS/c1-3-11(16)14(13-8-7-10(2)20-13)18-9-5-4-6-12(18)15(17)19/h7-8,11-12,14H,3-6,9,16H2,1-2H3,(H2,17,19). The van der Waals surface area contributed by atoms with Gasteiger partial charge in [-0.05, 0) is 44.9 Å². The van der Waals surface area contributed by atoms with Crippen LogP contribution in [0.1, 0.15) is 48.4 Å². The number of nitrogens with two attached hydrogens (primary N) is 2. The summed E-state index contributed by atoms with van der Waals surface area (Å²) in [5, 5.41) is 0. The minimum absolute atomic E-state index is 0.0352. The van der Waals surface area contributed by atoms with Gasteiger partial charge in [0, 0.05) is 15.8 Å². The highest BCUT2D eigenvalue weighted by molar-refractivity contribution is 7.12. The van der Waals surface area contributed by atoms with E-state index in [1.165, 1.54) is 9.75 Å². The van der Waals surface area contributed by atoms with Crippen LogP contribution in [0.3, 0.4) is 0 Å². The summed E-state index contributed by atoms with van der Waals surface area (Å²) in [7, 11) is 0. The summed E-state index contributed by atoms with van der Waals surface area (Å²) in [6.45, 7) is 5.11. The quantitative estimate of drug-likeness (QED) is 0.874. The Labute approximate surface area is 125 Å². The fourth-order valence-electron chi connectivity index (χ4n) is 3.05. The van der Waals surface area contributed by atoms with E-state index in [0.717, 1.165) is 32.2 Å². The molecular formula is C15H25N3OS. The van der Waals surface area contributed by atoms with Crippen LogP contribution in [-0.2, 0) is 4.79 Å². The van der Waals surface area contributed by atoms with E-state index < -0.39 is 0 Å². The maximum atomic E-state index is 11.8. The monoisotopic (exact) mass is 295 g/mol. The van der Waals surface area contributed by atoms with Gasteiger partial charge in [-0.1, -0.05) is 13.3 Å². The Kier molecular flexibility index (Phi) is 5.18. The molecule has 5 heteroatoms. The second-order valence-corrected chi connectivity index (χ2v) is 6.94. The third-order valence-electron chi connectivity index (χ3n) is 4.16. The molecule has 0 saturated carbocycles. The van der Waals surface area contributed by atoms with E-state index in [1.807, 2.05) is 0 Å². The molecule has 3 atom stereocenters. The van der Waals surface area contributed by atoms with E-state index in [-0.39, 0.29) is 24.0 Å². The number of thiophene rings is 1. The number of likely N-dealkylation sites (tertiary alicyclic amines) is 1. The molecule has 1 aromatic heterocycles. The van der Waals surface area contributed by atoms with Gasteiger partial charge in [0.25, 0.3) is 0 Å². The van der Waals surface area contributed by atoms with Crippen LogP contribution in [0.5, 0.6) is 0 Å². The van der Waals surface area contributed by atoms with Crippen molar-refractivity contribution in [3.05, 3.63) is 21.9 Å². The zero-order valence-electron chi connectivity index (χ0n) is 12.3. The number of primary amides is 1. The molecule has 0 aliphatic carbocycles. The topological polar surface area (TPSA) is 72.3 Å². The Bertz CT molecular complexity index is 460. The number of piperidine rings is 1. The minimum atomic E-state index is -0.216. The molecule has 0 spiro atoms. The third kappa shape index (κ3) is 3.22. The molecule has 1 fully saturated rings. The van der Waals surface area contributed by atoms with E-state index in [9.17, 15) is 4.79 Å². The van der Waals surface area contributed by atoms with Crippen LogP contribution in [0.4, 0.5) is 0 Å². The van der Waals surface area contributed by atoms with Crippen LogP contribution in [0.2, 0.25) is 0 Å². The predicted octanol–water partition coefficient (Wildman–Crippen LogP) is 2.17. The van der Waals surface area contributed by atoms with Crippen LogP contribution < -0.4 is 11.5 Å². The van der Waals surface area contributed by atoms with E-state index in [0.29, 0.717) is 0 Å². The SMILES string of the molecule is CCC(N)C(c1ccc(C)s1)N1CCCCC1C(N)=O. The summed E-state index contributed by atoms with van der Waals surface area (Å²) < 4.78 is 0. The lowest BCUT2D eigenvalue weighted by molar-refractivity contribution is -0.125. The molecule has 3 unspecified atom stereocenters. The number of hydrogen-bond acceptors (Lipinski definition) is 4. The van der Waals surface area contributed by atoms with Gasteiger partial charge in [-0.15, -0.1) is 11.3 Å². The minimum Gasteiger partial charge on any atom is -0.368 e. The van der Waals surface area contributed by atoms with Crippen LogP contribution in [-0.4, -0.2) is 29.4 Å². The summed E-state index contributed by atoms with van der Waals surface area (Å²) in [6, 6.07) is 4.24. The molecule has 0 aromatic carbocycles. The highest BCUT2D eigenvalue weighted by Crippen LogP contribution is 2.35. The number of aryl methyl sites for hydroxylation is 1. The fourth-order valence-corrected chi connectivity index (χ4v) is 4.12. The molecule has 4 N–H and O–H groups in total. The van der Waals surface area contributed by atoms with E-state index in [4.69, 9.17) is 11.5 Å². The summed E-state index contributed by atoms with van der Waals surface area (Å²) in [4.78, 5) is 16.5. The second-order valence-electron chi connectivity index (χ2n) is 5.62. The molecule has 0 radical (unpaired) electrons. The molecule has 1 saturated heterocycles. The molecule has 1 aliphatic rings. The Hall–Kier alpha value is -0.910. The average Bonchev–Trinajstić information content (AvgIpc) is 2.85. The highest BCUT2D eigenvalue weighted by atomic mass is 32.1. The van der Waals surface area contributed by atoms with Crippen LogP contribution in [0.25, 0.3) is 0 Å². The van der Waals surface area contributed by atoms with Gasteiger partial charge in [-0.3, -0.25) is 9.69 Å². The molecular weight excluding hydrogens is 270 g/mol. The maximum Gasteiger partial charge on any atom is 0.234 e. The third-order valence-corrected chi connectivity index (χ3v) is 5.23. The van der Waals surface area contributed by atoms with Crippen molar-refractivity contribution in [3.8, 4) is 0 Å². The first-order valence-corrected chi connectivity index (χ1v) is 8.23. The van der Waals surface area contributed by atoms with Gasteiger partial charge in [-0.2, -0.15) is 0 Å². The van der Waals surface area contributed by atoms with Gasteiger partial charge >= 0.3 is 0 Å². The summed E-state index contributed by atoms with van der Waals surface area (Å²) >= 11 is 1.77. The van der Waals surface area contributed by atoms with Crippen molar-refractivity contribution in [2.24, 2.45) is 11.5 Å². The van der Waals surface area contributed by atoms with Crippen molar-refractivity contribution >= 4 is 17.2 Å². The number of carbonyl (C=O) groups excluding carboxylic acids is 1. The van der Waals surface area contributed by atoms with Crippen LogP contribution >= 0.6 is 11.3 Å². The number of hydrogen-bond donors (Lipinski definition) is 2. The summed E-state index contributed by atoms with van der Waals surface area (Å²) in [5.41, 5.74) is 12.0. The molecule has 2 rings (SSSR count). The van der Waals surface area contributed by atoms with Crippen molar-refractivity contribution in [3.63, 3.8) is 0 Å². The van der Waals surface area contributed by atoms with Gasteiger partial charge in [0.15, 0.2) is 0 Å². The first-order chi connectivity index (χ1) is 9.54. The molecule has 1 aromatic rings. The summed E-state index contributed by atoms with van der Waals surface area (Å²) in [5.74, 6) is -0.216. The normalized spacial score (nSPS) is 23.4. The van der Waals surface area contributed by atoms with Crippen molar-refractivity contribution in [2.45, 2.75) is 57.7 Å². The van der Waals surface area contributed by atoms with Crippen LogP contribution in [0, 0.1) is 6.92 Å². The first kappa shape index (κ1) is 15.5. The Morgan fingerprint density at radius 3 is 2.80 bits per heavy atom. The average molecular weight is 295 g/mol. The molecule has 0 bridgehead atoms. The number of nitrogens with zero attached hydrogens (tertiary/aromatic N) is 1. The lowest BCUT2D eigenvalue weighted by Crippen LogP contribution is -2.53. The number of amides is 1. The molecule has 2 heterocycles. The molecule has 1 amide bonds. The molecule has 4 nitrogen and oxygen atoms in total. The van der Waals surface area contributed by atoms with Gasteiger partial charge in [0.2, 0.25) is 5.91 Å². The zero-order chi connectivity index (χ0) is 14.7. The van der Waals surface area contributed by atoms with Crippen molar-refractivity contribution in [1.29, 1.82) is 0 Å². The zero-order valence-corrected chi connectivity index (χ0v) is 13.2. The Morgan fingerprint density at radius 1 is 1.50 bits per heavy atom. The molecule has 1 aliphatic heterocycles. The van der Waals surface area contributed by atoms with E-state index in [1.54, 1.807) is 11.3 Å². The van der Waals surface area contributed by atoms with Gasteiger partial charge < -0.3 is 11.5 Å². The first-order valence-electron chi connectivity index (χ1n) is 7.41. The Morgan fingerprint density at radius 2 is 2.25 bits per heavy atom. The molecule has 20 heavy (non-hydrogen) atoms. The van der Waals surface area contributed by atoms with Gasteiger partial charge in [-0.25, -0.2) is 0 Å². The van der Waals surface area contributed by atoms with Gasteiger partial charge in [0.05, 0.1) is 12.1 Å².